The number of hydrogen-bond acceptors (Lipinski definition) is 6. The molecule has 35 heavy (non-hydrogen) atoms. The van der Waals surface area contributed by atoms with Gasteiger partial charge in [0.1, 0.15) is 5.92 Å². The smallest absolute Gasteiger partial charge is 0.318 e. The second-order valence-electron chi connectivity index (χ2n) is 7.87. The van der Waals surface area contributed by atoms with E-state index in [1.54, 1.807) is 36.4 Å². The predicted octanol–water partition coefficient (Wildman–Crippen LogP) is 2.87. The Labute approximate surface area is 203 Å². The van der Waals surface area contributed by atoms with Crippen molar-refractivity contribution in [3.05, 3.63) is 77.3 Å². The Morgan fingerprint density at radius 3 is 2.17 bits per heavy atom. The lowest BCUT2D eigenvalue weighted by atomic mass is 9.83. The number of para-hydroxylation sites is 1. The minimum absolute atomic E-state index is 0.125. The summed E-state index contributed by atoms with van der Waals surface area (Å²) in [5.74, 6) is -8.16. The second-order valence-corrected chi connectivity index (χ2v) is 8.28. The van der Waals surface area contributed by atoms with E-state index in [1.165, 1.54) is 18.2 Å². The van der Waals surface area contributed by atoms with Crippen LogP contribution in [0.15, 0.2) is 66.7 Å². The monoisotopic (exact) mass is 491 g/mol. The van der Waals surface area contributed by atoms with Crippen LogP contribution in [0.2, 0.25) is 5.02 Å². The fraction of sp³-hybridized carbons (Fsp3) is 0.120. The molecule has 1 atom stereocenters. The standard InChI is InChI=1S/C25H18ClN3O6/c26-18-7-3-4-8-19(18)27-24(34)21(31)16(12-17-22(32)28-25(35)29-23(17)33)20(30)15-10-9-13-5-1-2-6-14(13)11-15/h1-11,16-17H,12H2,(H,27,34)(H2,28,29,32,33,35)/t16-/m0/s1. The molecule has 176 valence electrons. The summed E-state index contributed by atoms with van der Waals surface area (Å²) in [6.45, 7) is 0. The van der Waals surface area contributed by atoms with Crippen LogP contribution in [0.3, 0.4) is 0 Å². The predicted molar refractivity (Wildman–Crippen MR) is 127 cm³/mol. The molecule has 1 fully saturated rings. The van der Waals surface area contributed by atoms with Gasteiger partial charge in [0.15, 0.2) is 5.78 Å². The van der Waals surface area contributed by atoms with E-state index in [1.807, 2.05) is 22.8 Å². The number of imide groups is 2. The summed E-state index contributed by atoms with van der Waals surface area (Å²) >= 11 is 6.04. The van der Waals surface area contributed by atoms with Crippen LogP contribution in [0.25, 0.3) is 10.8 Å². The number of anilines is 1. The lowest BCUT2D eigenvalue weighted by Gasteiger charge is -2.23. The molecule has 1 saturated heterocycles. The van der Waals surface area contributed by atoms with Crippen molar-refractivity contribution in [1.29, 1.82) is 0 Å². The minimum atomic E-state index is -1.67. The van der Waals surface area contributed by atoms with Gasteiger partial charge in [-0.25, -0.2) is 4.79 Å². The fourth-order valence-corrected chi connectivity index (χ4v) is 3.96. The molecule has 0 aromatic heterocycles. The quantitative estimate of drug-likeness (QED) is 0.264. The lowest BCUT2D eigenvalue weighted by Crippen LogP contribution is -2.56. The third-order valence-corrected chi connectivity index (χ3v) is 5.92. The number of amides is 5. The maximum atomic E-state index is 13.4. The first kappa shape index (κ1) is 23.8. The van der Waals surface area contributed by atoms with Gasteiger partial charge >= 0.3 is 6.03 Å². The molecular formula is C25H18ClN3O6. The molecule has 0 bridgehead atoms. The van der Waals surface area contributed by atoms with Crippen molar-refractivity contribution in [3.63, 3.8) is 0 Å². The number of nitrogens with one attached hydrogen (secondary N) is 3. The number of rotatable bonds is 7. The molecule has 0 saturated carbocycles. The van der Waals surface area contributed by atoms with Gasteiger partial charge in [-0.1, -0.05) is 60.1 Å². The number of benzene rings is 3. The van der Waals surface area contributed by atoms with Crippen molar-refractivity contribution in [3.8, 4) is 0 Å². The van der Waals surface area contributed by atoms with Gasteiger partial charge in [0.05, 0.1) is 16.6 Å². The summed E-state index contributed by atoms with van der Waals surface area (Å²) in [5.41, 5.74) is 0.281. The number of urea groups is 1. The maximum Gasteiger partial charge on any atom is 0.328 e. The third-order valence-electron chi connectivity index (χ3n) is 5.59. The molecule has 0 unspecified atom stereocenters. The molecule has 3 aromatic carbocycles. The topological polar surface area (TPSA) is 139 Å². The summed E-state index contributed by atoms with van der Waals surface area (Å²) < 4.78 is 0. The molecular weight excluding hydrogens is 474 g/mol. The molecule has 3 N–H and O–H groups in total. The van der Waals surface area contributed by atoms with Crippen LogP contribution >= 0.6 is 11.6 Å². The number of hydrogen-bond donors (Lipinski definition) is 3. The van der Waals surface area contributed by atoms with Gasteiger partial charge in [0.2, 0.25) is 17.6 Å². The fourth-order valence-electron chi connectivity index (χ4n) is 3.78. The minimum Gasteiger partial charge on any atom is -0.318 e. The van der Waals surface area contributed by atoms with Gasteiger partial charge in [-0.3, -0.25) is 34.6 Å². The van der Waals surface area contributed by atoms with E-state index in [-0.39, 0.29) is 16.3 Å². The number of ketones is 2. The average molecular weight is 492 g/mol. The zero-order valence-electron chi connectivity index (χ0n) is 18.0. The Bertz CT molecular complexity index is 1380. The lowest BCUT2D eigenvalue weighted by molar-refractivity contribution is -0.139. The number of barbiturate groups is 1. The Kier molecular flexibility index (Phi) is 6.70. The molecule has 0 spiro atoms. The molecule has 0 radical (unpaired) electrons. The Morgan fingerprint density at radius 1 is 0.857 bits per heavy atom. The first-order chi connectivity index (χ1) is 16.7. The van der Waals surface area contributed by atoms with E-state index in [4.69, 9.17) is 11.6 Å². The molecule has 0 aliphatic carbocycles. The van der Waals surface area contributed by atoms with Crippen LogP contribution in [0, 0.1) is 11.8 Å². The van der Waals surface area contributed by atoms with Crippen LogP contribution in [-0.4, -0.2) is 35.3 Å². The van der Waals surface area contributed by atoms with Gasteiger partial charge in [-0.05, 0) is 35.4 Å². The maximum absolute atomic E-state index is 13.4. The third kappa shape index (κ3) is 5.10. The van der Waals surface area contributed by atoms with Crippen molar-refractivity contribution < 1.29 is 28.8 Å². The largest absolute Gasteiger partial charge is 0.328 e. The van der Waals surface area contributed by atoms with Crippen LogP contribution < -0.4 is 16.0 Å². The molecule has 4 rings (SSSR count). The van der Waals surface area contributed by atoms with Crippen molar-refractivity contribution in [2.45, 2.75) is 6.42 Å². The molecule has 1 aliphatic heterocycles. The highest BCUT2D eigenvalue weighted by atomic mass is 35.5. The molecule has 5 amide bonds. The number of carbonyl (C=O) groups excluding carboxylic acids is 6. The first-order valence-corrected chi connectivity index (χ1v) is 10.9. The van der Waals surface area contributed by atoms with Crippen LogP contribution in [0.1, 0.15) is 16.8 Å². The summed E-state index contributed by atoms with van der Waals surface area (Å²) in [6, 6.07) is 17.2. The van der Waals surface area contributed by atoms with E-state index in [0.29, 0.717) is 0 Å². The Morgan fingerprint density at radius 2 is 1.49 bits per heavy atom. The van der Waals surface area contributed by atoms with Crippen molar-refractivity contribution in [2.75, 3.05) is 5.32 Å². The summed E-state index contributed by atoms with van der Waals surface area (Å²) in [5, 5.41) is 7.99. The molecule has 10 heteroatoms. The molecule has 3 aromatic rings. The van der Waals surface area contributed by atoms with Gasteiger partial charge < -0.3 is 5.32 Å². The Balaban J connectivity index is 1.67. The van der Waals surface area contributed by atoms with E-state index < -0.39 is 53.6 Å². The summed E-state index contributed by atoms with van der Waals surface area (Å²) in [7, 11) is 0. The normalized spacial score (nSPS) is 14.7. The van der Waals surface area contributed by atoms with Crippen LogP contribution in [0.5, 0.6) is 0 Å². The highest BCUT2D eigenvalue weighted by molar-refractivity contribution is 6.46. The van der Waals surface area contributed by atoms with E-state index in [2.05, 4.69) is 5.32 Å². The van der Waals surface area contributed by atoms with E-state index in [9.17, 15) is 28.8 Å². The highest BCUT2D eigenvalue weighted by Crippen LogP contribution is 2.25. The van der Waals surface area contributed by atoms with Crippen molar-refractivity contribution in [2.24, 2.45) is 11.8 Å². The van der Waals surface area contributed by atoms with Crippen LogP contribution in [-0.2, 0) is 19.2 Å². The van der Waals surface area contributed by atoms with Gasteiger partial charge in [0, 0.05) is 5.56 Å². The average Bonchev–Trinajstić information content (AvgIpc) is 2.84. The number of Topliss-reactive ketones (excluding diaryl/α,β-unsaturated/α-hetero) is 2. The SMILES string of the molecule is O=C1NC(=O)C(C[C@H](C(=O)C(=O)Nc2ccccc2Cl)C(=O)c2ccc3ccccc3c2)C(=O)N1. The molecule has 1 heterocycles. The zero-order valence-corrected chi connectivity index (χ0v) is 18.8. The second kappa shape index (κ2) is 9.86. The summed E-state index contributed by atoms with van der Waals surface area (Å²) in [4.78, 5) is 75.4. The van der Waals surface area contributed by atoms with E-state index in [0.717, 1.165) is 10.8 Å². The number of fused-ring (bicyclic) bond motifs is 1. The molecule has 1 aliphatic rings. The Hall–Kier alpha value is -4.37. The van der Waals surface area contributed by atoms with Crippen molar-refractivity contribution in [1.82, 2.24) is 10.6 Å². The summed E-state index contributed by atoms with van der Waals surface area (Å²) in [6.07, 6.45) is -0.606. The number of halogens is 1. The van der Waals surface area contributed by atoms with Gasteiger partial charge in [0.25, 0.3) is 5.91 Å². The number of carbonyl (C=O) groups is 6. The van der Waals surface area contributed by atoms with Crippen LogP contribution in [0.4, 0.5) is 10.5 Å². The zero-order chi connectivity index (χ0) is 25.1. The highest BCUT2D eigenvalue weighted by Gasteiger charge is 2.42. The molecule has 9 nitrogen and oxygen atoms in total. The van der Waals surface area contributed by atoms with Crippen molar-refractivity contribution >= 4 is 63.4 Å². The van der Waals surface area contributed by atoms with E-state index >= 15 is 0 Å². The van der Waals surface area contributed by atoms with Gasteiger partial charge in [-0.2, -0.15) is 0 Å². The van der Waals surface area contributed by atoms with Gasteiger partial charge in [-0.15, -0.1) is 0 Å². The first-order valence-electron chi connectivity index (χ1n) is 10.5.